The van der Waals surface area contributed by atoms with Crippen LogP contribution in [-0.4, -0.2) is 15.5 Å². The van der Waals surface area contributed by atoms with Crippen molar-refractivity contribution in [1.82, 2.24) is 9.55 Å². The van der Waals surface area contributed by atoms with E-state index in [0.29, 0.717) is 11.4 Å². The van der Waals surface area contributed by atoms with Gasteiger partial charge in [-0.2, -0.15) is 0 Å². The molecule has 5 heteroatoms. The summed E-state index contributed by atoms with van der Waals surface area (Å²) in [6, 6.07) is 4.50. The molecule has 102 valence electrons. The lowest BCUT2D eigenvalue weighted by Gasteiger charge is -2.07. The number of rotatable bonds is 4. The lowest BCUT2D eigenvalue weighted by molar-refractivity contribution is -0.111. The Morgan fingerprint density at radius 1 is 1.40 bits per heavy atom. The highest BCUT2D eigenvalue weighted by atomic mass is 19.1. The van der Waals surface area contributed by atoms with Gasteiger partial charge in [0, 0.05) is 24.2 Å². The van der Waals surface area contributed by atoms with Crippen molar-refractivity contribution in [2.24, 2.45) is 0 Å². The second kappa shape index (κ2) is 6.47. The molecule has 0 spiro atoms. The smallest absolute Gasteiger partial charge is 0.248 e. The molecule has 0 atom stereocenters. The van der Waals surface area contributed by atoms with Gasteiger partial charge in [-0.15, -0.1) is 0 Å². The minimum absolute atomic E-state index is 0.308. The maximum atomic E-state index is 13.9. The summed E-state index contributed by atoms with van der Waals surface area (Å²) in [6.07, 6.45) is 11.3. The molecule has 0 saturated heterocycles. The van der Waals surface area contributed by atoms with Crippen molar-refractivity contribution >= 4 is 11.6 Å². The van der Waals surface area contributed by atoms with Gasteiger partial charge in [-0.25, -0.2) is 9.37 Å². The Labute approximate surface area is 116 Å². The van der Waals surface area contributed by atoms with Crippen LogP contribution >= 0.6 is 0 Å². The van der Waals surface area contributed by atoms with Gasteiger partial charge < -0.3 is 9.88 Å². The Hall–Kier alpha value is -2.69. The summed E-state index contributed by atoms with van der Waals surface area (Å²) < 4.78 is 15.5. The molecule has 2 aromatic rings. The Bertz CT molecular complexity index is 645. The van der Waals surface area contributed by atoms with Gasteiger partial charge in [-0.1, -0.05) is 18.2 Å². The number of halogens is 1. The minimum atomic E-state index is -0.432. The second-order valence-electron chi connectivity index (χ2n) is 4.01. The molecule has 0 aliphatic rings. The number of anilines is 1. The molecular weight excluding hydrogens is 257 g/mol. The van der Waals surface area contributed by atoms with Crippen molar-refractivity contribution in [2.75, 3.05) is 5.32 Å². The molecule has 1 N–H and O–H groups in total. The van der Waals surface area contributed by atoms with E-state index in [9.17, 15) is 9.18 Å². The predicted octanol–water partition coefficient (Wildman–Crippen LogP) is 3.08. The topological polar surface area (TPSA) is 46.9 Å². The lowest BCUT2D eigenvalue weighted by atomic mass is 10.2. The summed E-state index contributed by atoms with van der Waals surface area (Å²) in [4.78, 5) is 15.4. The predicted molar refractivity (Wildman–Crippen MR) is 76.1 cm³/mol. The summed E-state index contributed by atoms with van der Waals surface area (Å²) >= 11 is 0. The van der Waals surface area contributed by atoms with Gasteiger partial charge in [0.2, 0.25) is 5.91 Å². The van der Waals surface area contributed by atoms with E-state index < -0.39 is 5.82 Å². The first-order valence-electron chi connectivity index (χ1n) is 6.09. The Balaban J connectivity index is 2.12. The molecule has 1 amide bonds. The fraction of sp³-hybridized carbons (Fsp3) is 0.0667. The number of imidazole rings is 1. The fourth-order valence-electron chi connectivity index (χ4n) is 1.63. The first-order chi connectivity index (χ1) is 9.70. The van der Waals surface area contributed by atoms with E-state index in [2.05, 4.69) is 10.3 Å². The van der Waals surface area contributed by atoms with Crippen LogP contribution in [0.15, 0.2) is 61.2 Å². The zero-order valence-corrected chi connectivity index (χ0v) is 11.0. The van der Waals surface area contributed by atoms with Gasteiger partial charge in [0.25, 0.3) is 0 Å². The number of nitrogens with one attached hydrogen (secondary N) is 1. The Kier molecular flexibility index (Phi) is 4.44. The van der Waals surface area contributed by atoms with Crippen LogP contribution < -0.4 is 5.32 Å². The SMILES string of the molecule is CC=CC=CC(=O)Nc1ccc(-n2ccnc2)c(F)c1. The van der Waals surface area contributed by atoms with Gasteiger partial charge in [-0.05, 0) is 25.1 Å². The highest BCUT2D eigenvalue weighted by Crippen LogP contribution is 2.18. The normalized spacial score (nSPS) is 11.3. The Morgan fingerprint density at radius 3 is 2.90 bits per heavy atom. The molecular formula is C15H14FN3O. The first-order valence-corrected chi connectivity index (χ1v) is 6.09. The number of aromatic nitrogens is 2. The maximum absolute atomic E-state index is 13.9. The summed E-state index contributed by atoms with van der Waals surface area (Å²) in [6.45, 7) is 1.85. The van der Waals surface area contributed by atoms with Crippen molar-refractivity contribution < 1.29 is 9.18 Å². The summed E-state index contributed by atoms with van der Waals surface area (Å²) in [5.74, 6) is -0.740. The van der Waals surface area contributed by atoms with Gasteiger partial charge >= 0.3 is 0 Å². The van der Waals surface area contributed by atoms with Crippen LogP contribution in [0.4, 0.5) is 10.1 Å². The molecule has 0 saturated carbocycles. The highest BCUT2D eigenvalue weighted by Gasteiger charge is 2.06. The average molecular weight is 271 g/mol. The number of nitrogens with zero attached hydrogens (tertiary/aromatic N) is 2. The van der Waals surface area contributed by atoms with E-state index in [0.717, 1.165) is 0 Å². The monoisotopic (exact) mass is 271 g/mol. The van der Waals surface area contributed by atoms with Gasteiger partial charge in [-0.3, -0.25) is 4.79 Å². The number of carbonyl (C=O) groups is 1. The van der Waals surface area contributed by atoms with Crippen LogP contribution in [0.5, 0.6) is 0 Å². The number of hydrogen-bond acceptors (Lipinski definition) is 2. The molecule has 0 unspecified atom stereocenters. The van der Waals surface area contributed by atoms with Crippen molar-refractivity contribution in [2.45, 2.75) is 6.92 Å². The van der Waals surface area contributed by atoms with Crippen molar-refractivity contribution in [1.29, 1.82) is 0 Å². The van der Waals surface area contributed by atoms with Gasteiger partial charge in [0.1, 0.15) is 5.82 Å². The van der Waals surface area contributed by atoms with Crippen LogP contribution in [-0.2, 0) is 4.79 Å². The standard InChI is InChI=1S/C15H14FN3O/c1-2-3-4-5-15(20)18-12-6-7-14(13(16)10-12)19-9-8-17-11-19/h2-11H,1H3,(H,18,20). The largest absolute Gasteiger partial charge is 0.322 e. The van der Waals surface area contributed by atoms with Crippen LogP contribution in [0, 0.1) is 5.82 Å². The van der Waals surface area contributed by atoms with Crippen molar-refractivity contribution in [3.63, 3.8) is 0 Å². The van der Waals surface area contributed by atoms with Crippen LogP contribution in [0.2, 0.25) is 0 Å². The van der Waals surface area contributed by atoms with Crippen LogP contribution in [0.3, 0.4) is 0 Å². The molecule has 0 aliphatic heterocycles. The molecule has 0 bridgehead atoms. The van der Waals surface area contributed by atoms with E-state index in [-0.39, 0.29) is 5.91 Å². The van der Waals surface area contributed by atoms with Gasteiger partial charge in [0.05, 0.1) is 12.0 Å². The third-order valence-corrected chi connectivity index (χ3v) is 2.55. The van der Waals surface area contributed by atoms with E-state index >= 15 is 0 Å². The van der Waals surface area contributed by atoms with Crippen LogP contribution in [0.1, 0.15) is 6.92 Å². The van der Waals surface area contributed by atoms with Gasteiger partial charge in [0.15, 0.2) is 0 Å². The number of amides is 1. The molecule has 4 nitrogen and oxygen atoms in total. The zero-order valence-electron chi connectivity index (χ0n) is 11.0. The number of benzene rings is 1. The number of allylic oxidation sites excluding steroid dienone is 3. The molecule has 1 aromatic heterocycles. The van der Waals surface area contributed by atoms with Crippen LogP contribution in [0.25, 0.3) is 5.69 Å². The molecule has 0 aliphatic carbocycles. The highest BCUT2D eigenvalue weighted by molar-refractivity contribution is 5.99. The maximum Gasteiger partial charge on any atom is 0.248 e. The third-order valence-electron chi connectivity index (χ3n) is 2.55. The molecule has 0 fully saturated rings. The average Bonchev–Trinajstić information content (AvgIpc) is 2.93. The van der Waals surface area contributed by atoms with E-state index in [1.54, 1.807) is 41.2 Å². The summed E-state index contributed by atoms with van der Waals surface area (Å²) in [5.41, 5.74) is 0.784. The quantitative estimate of drug-likeness (QED) is 0.686. The van der Waals surface area contributed by atoms with E-state index in [4.69, 9.17) is 0 Å². The second-order valence-corrected chi connectivity index (χ2v) is 4.01. The fourth-order valence-corrected chi connectivity index (χ4v) is 1.63. The number of hydrogen-bond donors (Lipinski definition) is 1. The summed E-state index contributed by atoms with van der Waals surface area (Å²) in [7, 11) is 0. The van der Waals surface area contributed by atoms with E-state index in [1.807, 2.05) is 13.0 Å². The molecule has 1 aromatic carbocycles. The zero-order chi connectivity index (χ0) is 14.4. The lowest BCUT2D eigenvalue weighted by Crippen LogP contribution is -2.08. The minimum Gasteiger partial charge on any atom is -0.322 e. The summed E-state index contributed by atoms with van der Waals surface area (Å²) in [5, 5.41) is 2.59. The van der Waals surface area contributed by atoms with Crippen molar-refractivity contribution in [3.05, 3.63) is 67.0 Å². The third kappa shape index (κ3) is 3.41. The van der Waals surface area contributed by atoms with E-state index in [1.165, 1.54) is 18.5 Å². The first kappa shape index (κ1) is 13.7. The number of carbonyl (C=O) groups excluding carboxylic acids is 1. The van der Waals surface area contributed by atoms with Crippen molar-refractivity contribution in [3.8, 4) is 5.69 Å². The molecule has 1 heterocycles. The molecule has 0 radical (unpaired) electrons. The molecule has 20 heavy (non-hydrogen) atoms. The Morgan fingerprint density at radius 2 is 2.25 bits per heavy atom. The molecule has 2 rings (SSSR count).